The lowest BCUT2D eigenvalue weighted by Crippen LogP contribution is -2.34. The Bertz CT molecular complexity index is 594. The van der Waals surface area contributed by atoms with Crippen molar-refractivity contribution >= 4 is 11.8 Å². The lowest BCUT2D eigenvalue weighted by Gasteiger charge is -2.25. The Hall–Kier alpha value is -2.16. The first-order chi connectivity index (χ1) is 10.0. The maximum absolute atomic E-state index is 11.2. The molecule has 0 bridgehead atoms. The van der Waals surface area contributed by atoms with Gasteiger partial charge in [-0.15, -0.1) is 5.10 Å². The fourth-order valence-electron chi connectivity index (χ4n) is 3.05. The highest BCUT2D eigenvalue weighted by atomic mass is 16.4. The molecule has 112 valence electrons. The van der Waals surface area contributed by atoms with Crippen LogP contribution in [0.2, 0.25) is 0 Å². The van der Waals surface area contributed by atoms with E-state index in [1.807, 2.05) is 25.7 Å². The smallest absolute Gasteiger partial charge is 0.308 e. The van der Waals surface area contributed by atoms with E-state index in [-0.39, 0.29) is 6.04 Å². The maximum atomic E-state index is 11.2. The van der Waals surface area contributed by atoms with Gasteiger partial charge in [0.15, 0.2) is 5.82 Å². The number of aryl methyl sites for hydroxylation is 1. The predicted octanol–water partition coefficient (Wildman–Crippen LogP) is 1.77. The average molecular weight is 288 g/mol. The molecule has 1 N–H and O–H groups in total. The summed E-state index contributed by atoms with van der Waals surface area (Å²) in [5.41, 5.74) is 2.32. The summed E-state index contributed by atoms with van der Waals surface area (Å²) in [4.78, 5) is 13.1. The summed E-state index contributed by atoms with van der Waals surface area (Å²) in [5.74, 6) is -0.686. The van der Waals surface area contributed by atoms with Crippen molar-refractivity contribution in [3.63, 3.8) is 0 Å². The second-order valence-electron chi connectivity index (χ2n) is 5.31. The summed E-state index contributed by atoms with van der Waals surface area (Å²) in [6, 6.07) is 2.06. The number of aromatic nitrogens is 2. The third-order valence-electron chi connectivity index (χ3n) is 4.28. The number of anilines is 1. The van der Waals surface area contributed by atoms with Crippen LogP contribution in [0.5, 0.6) is 0 Å². The molecule has 1 aromatic rings. The van der Waals surface area contributed by atoms with Gasteiger partial charge in [0.25, 0.3) is 0 Å². The van der Waals surface area contributed by atoms with Crippen LogP contribution in [0, 0.1) is 17.2 Å². The Morgan fingerprint density at radius 2 is 2.14 bits per heavy atom. The van der Waals surface area contributed by atoms with Crippen LogP contribution in [0.15, 0.2) is 0 Å². The minimum absolute atomic E-state index is 0.180. The first-order valence-corrected chi connectivity index (χ1v) is 7.33. The number of aliphatic carboxylic acids is 1. The average Bonchev–Trinajstić information content (AvgIpc) is 2.87. The van der Waals surface area contributed by atoms with Crippen molar-refractivity contribution in [2.24, 2.45) is 5.92 Å². The molecule has 6 nitrogen and oxygen atoms in total. The minimum Gasteiger partial charge on any atom is -0.481 e. The zero-order valence-electron chi connectivity index (χ0n) is 12.6. The molecule has 6 heteroatoms. The van der Waals surface area contributed by atoms with Crippen LogP contribution in [-0.2, 0) is 17.6 Å². The molecule has 0 amide bonds. The van der Waals surface area contributed by atoms with Crippen LogP contribution in [0.3, 0.4) is 0 Å². The fraction of sp³-hybridized carbons (Fsp3) is 0.600. The van der Waals surface area contributed by atoms with Gasteiger partial charge in [-0.1, -0.05) is 13.8 Å². The molecule has 0 aromatic carbocycles. The molecule has 21 heavy (non-hydrogen) atoms. The summed E-state index contributed by atoms with van der Waals surface area (Å²) >= 11 is 0. The number of rotatable bonds is 4. The quantitative estimate of drug-likeness (QED) is 0.908. The van der Waals surface area contributed by atoms with E-state index in [4.69, 9.17) is 0 Å². The molecule has 1 aliphatic rings. The van der Waals surface area contributed by atoms with Gasteiger partial charge in [-0.25, -0.2) is 0 Å². The molecular weight excluding hydrogens is 268 g/mol. The van der Waals surface area contributed by atoms with E-state index in [1.165, 1.54) is 0 Å². The van der Waals surface area contributed by atoms with E-state index in [0.717, 1.165) is 24.1 Å². The molecule has 1 aromatic heterocycles. The van der Waals surface area contributed by atoms with Crippen molar-refractivity contribution in [3.8, 4) is 6.07 Å². The number of nitriles is 1. The Morgan fingerprint density at radius 3 is 2.62 bits per heavy atom. The van der Waals surface area contributed by atoms with Crippen molar-refractivity contribution in [1.82, 2.24) is 10.2 Å². The van der Waals surface area contributed by atoms with Gasteiger partial charge in [-0.05, 0) is 31.7 Å². The molecule has 2 heterocycles. The van der Waals surface area contributed by atoms with Crippen molar-refractivity contribution in [1.29, 1.82) is 5.26 Å². The van der Waals surface area contributed by atoms with Gasteiger partial charge in [0, 0.05) is 12.6 Å². The molecule has 1 aliphatic heterocycles. The third-order valence-corrected chi connectivity index (χ3v) is 4.28. The standard InChI is InChI=1S/C15H20N4O2/c1-4-10-12(8-16)14(18-17-13(10)5-2)19-7-6-11(9(19)3)15(20)21/h9,11H,4-7H2,1-3H3,(H,20,21). The molecule has 0 spiro atoms. The second kappa shape index (κ2) is 6.08. The Labute approximate surface area is 124 Å². The highest BCUT2D eigenvalue weighted by molar-refractivity contribution is 5.73. The van der Waals surface area contributed by atoms with Gasteiger partial charge in [-0.2, -0.15) is 10.4 Å². The molecule has 2 rings (SSSR count). The Kier molecular flexibility index (Phi) is 4.41. The van der Waals surface area contributed by atoms with E-state index in [1.54, 1.807) is 0 Å². The van der Waals surface area contributed by atoms with Crippen molar-refractivity contribution in [3.05, 3.63) is 16.8 Å². The van der Waals surface area contributed by atoms with Gasteiger partial charge in [0.05, 0.1) is 11.6 Å². The topological polar surface area (TPSA) is 90.1 Å². The van der Waals surface area contributed by atoms with Gasteiger partial charge in [-0.3, -0.25) is 4.79 Å². The molecule has 1 saturated heterocycles. The molecule has 0 aliphatic carbocycles. The number of carboxylic acid groups (broad SMARTS) is 1. The lowest BCUT2D eigenvalue weighted by molar-refractivity contribution is -0.141. The second-order valence-corrected chi connectivity index (χ2v) is 5.31. The highest BCUT2D eigenvalue weighted by Gasteiger charge is 2.37. The lowest BCUT2D eigenvalue weighted by atomic mass is 10.0. The zero-order chi connectivity index (χ0) is 15.6. The van der Waals surface area contributed by atoms with E-state index in [0.29, 0.717) is 24.3 Å². The molecule has 0 radical (unpaired) electrons. The minimum atomic E-state index is -0.794. The summed E-state index contributed by atoms with van der Waals surface area (Å²) in [7, 11) is 0. The first-order valence-electron chi connectivity index (χ1n) is 7.33. The Balaban J connectivity index is 2.46. The van der Waals surface area contributed by atoms with Crippen LogP contribution < -0.4 is 4.90 Å². The van der Waals surface area contributed by atoms with E-state index >= 15 is 0 Å². The third kappa shape index (κ3) is 2.56. The van der Waals surface area contributed by atoms with Crippen LogP contribution in [0.25, 0.3) is 0 Å². The Morgan fingerprint density at radius 1 is 1.43 bits per heavy atom. The molecule has 2 atom stereocenters. The fourth-order valence-corrected chi connectivity index (χ4v) is 3.05. The number of carboxylic acids is 1. The first kappa shape index (κ1) is 15.2. The monoisotopic (exact) mass is 288 g/mol. The van der Waals surface area contributed by atoms with Gasteiger partial charge >= 0.3 is 5.97 Å². The van der Waals surface area contributed by atoms with Crippen LogP contribution in [-0.4, -0.2) is 33.9 Å². The predicted molar refractivity (Wildman–Crippen MR) is 78.1 cm³/mol. The van der Waals surface area contributed by atoms with E-state index in [9.17, 15) is 15.2 Å². The van der Waals surface area contributed by atoms with E-state index < -0.39 is 11.9 Å². The number of hydrogen-bond donors (Lipinski definition) is 1. The van der Waals surface area contributed by atoms with Crippen molar-refractivity contribution < 1.29 is 9.90 Å². The molecule has 2 unspecified atom stereocenters. The summed E-state index contributed by atoms with van der Waals surface area (Å²) in [6.07, 6.45) is 2.03. The van der Waals surface area contributed by atoms with Crippen molar-refractivity contribution in [2.45, 2.75) is 46.1 Å². The molecule has 0 saturated carbocycles. The maximum Gasteiger partial charge on any atom is 0.308 e. The normalized spacial score (nSPS) is 21.3. The summed E-state index contributed by atoms with van der Waals surface area (Å²) in [5, 5.41) is 27.2. The van der Waals surface area contributed by atoms with Gasteiger partial charge in [0.2, 0.25) is 0 Å². The summed E-state index contributed by atoms with van der Waals surface area (Å²) < 4.78 is 0. The zero-order valence-corrected chi connectivity index (χ0v) is 12.6. The largest absolute Gasteiger partial charge is 0.481 e. The van der Waals surface area contributed by atoms with Gasteiger partial charge < -0.3 is 10.0 Å². The number of nitrogens with zero attached hydrogens (tertiary/aromatic N) is 4. The van der Waals surface area contributed by atoms with Crippen LogP contribution in [0.4, 0.5) is 5.82 Å². The number of carbonyl (C=O) groups is 1. The van der Waals surface area contributed by atoms with Gasteiger partial charge in [0.1, 0.15) is 11.6 Å². The number of hydrogen-bond acceptors (Lipinski definition) is 5. The molecule has 1 fully saturated rings. The van der Waals surface area contributed by atoms with Crippen molar-refractivity contribution in [2.75, 3.05) is 11.4 Å². The van der Waals surface area contributed by atoms with E-state index in [2.05, 4.69) is 16.3 Å². The summed E-state index contributed by atoms with van der Waals surface area (Å²) in [6.45, 7) is 6.45. The highest BCUT2D eigenvalue weighted by Crippen LogP contribution is 2.32. The van der Waals surface area contributed by atoms with Crippen LogP contribution in [0.1, 0.15) is 44.0 Å². The molecular formula is C15H20N4O2. The van der Waals surface area contributed by atoms with Crippen LogP contribution >= 0.6 is 0 Å². The SMILES string of the molecule is CCc1nnc(N2CCC(C(=O)O)C2C)c(C#N)c1CC.